The van der Waals surface area contributed by atoms with Crippen LogP contribution in [0.25, 0.3) is 0 Å². The highest BCUT2D eigenvalue weighted by Gasteiger charge is 2.11. The molecule has 1 aromatic carbocycles. The van der Waals surface area contributed by atoms with Gasteiger partial charge in [0.05, 0.1) is 17.7 Å². The summed E-state index contributed by atoms with van der Waals surface area (Å²) in [4.78, 5) is 11.5. The third-order valence-corrected chi connectivity index (χ3v) is 2.48. The molecule has 1 rings (SSSR count). The zero-order chi connectivity index (χ0) is 12.7. The van der Waals surface area contributed by atoms with Crippen molar-refractivity contribution in [3.63, 3.8) is 0 Å². The number of nitrogens with one attached hydrogen (secondary N) is 2. The number of carbonyl (C=O) groups is 1. The van der Waals surface area contributed by atoms with Crippen LogP contribution in [0.1, 0.15) is 25.0 Å². The van der Waals surface area contributed by atoms with E-state index in [1.807, 2.05) is 25.1 Å². The molecule has 0 bridgehead atoms. The van der Waals surface area contributed by atoms with Crippen LogP contribution in [0.5, 0.6) is 0 Å². The number of likely N-dealkylation sites (N-methyl/N-ethyl adjacent to an activating group) is 1. The lowest BCUT2D eigenvalue weighted by atomic mass is 10.1. The summed E-state index contributed by atoms with van der Waals surface area (Å²) in [6.45, 7) is 4.83. The second-order valence-electron chi connectivity index (χ2n) is 3.77. The van der Waals surface area contributed by atoms with Crippen LogP contribution >= 0.6 is 0 Å². The van der Waals surface area contributed by atoms with Crippen molar-refractivity contribution < 1.29 is 4.79 Å². The molecule has 1 amide bonds. The third kappa shape index (κ3) is 3.89. The van der Waals surface area contributed by atoms with Gasteiger partial charge in [-0.15, -0.1) is 0 Å². The van der Waals surface area contributed by atoms with E-state index in [2.05, 4.69) is 16.7 Å². The molecule has 4 heteroatoms. The first-order chi connectivity index (χ1) is 8.19. The molecule has 0 spiro atoms. The van der Waals surface area contributed by atoms with E-state index in [4.69, 9.17) is 5.26 Å². The van der Waals surface area contributed by atoms with Crippen LogP contribution in [0, 0.1) is 11.3 Å². The summed E-state index contributed by atoms with van der Waals surface area (Å²) in [5.41, 5.74) is 1.55. The summed E-state index contributed by atoms with van der Waals surface area (Å²) >= 11 is 0. The van der Waals surface area contributed by atoms with Gasteiger partial charge in [0.25, 0.3) is 0 Å². The van der Waals surface area contributed by atoms with Crippen molar-refractivity contribution in [2.75, 3.05) is 6.54 Å². The monoisotopic (exact) mass is 231 g/mol. The lowest BCUT2D eigenvalue weighted by Crippen LogP contribution is -2.41. The lowest BCUT2D eigenvalue weighted by molar-refractivity contribution is -0.122. The zero-order valence-corrected chi connectivity index (χ0v) is 10.2. The number of carbonyl (C=O) groups excluding carboxylic acids is 1. The fourth-order valence-corrected chi connectivity index (χ4v) is 1.47. The number of benzene rings is 1. The van der Waals surface area contributed by atoms with Crippen molar-refractivity contribution in [2.45, 2.75) is 26.4 Å². The number of nitrogens with zero attached hydrogens (tertiary/aromatic N) is 1. The van der Waals surface area contributed by atoms with Crippen LogP contribution in [0.15, 0.2) is 24.3 Å². The van der Waals surface area contributed by atoms with Gasteiger partial charge in [-0.1, -0.05) is 18.2 Å². The Balaban J connectivity index is 2.56. The predicted octanol–water partition coefficient (Wildman–Crippen LogP) is 1.17. The maximum atomic E-state index is 11.5. The summed E-state index contributed by atoms with van der Waals surface area (Å²) in [5.74, 6) is -0.0260. The van der Waals surface area contributed by atoms with Gasteiger partial charge < -0.3 is 10.6 Å². The lowest BCUT2D eigenvalue weighted by Gasteiger charge is -2.13. The predicted molar refractivity (Wildman–Crippen MR) is 66.1 cm³/mol. The normalized spacial score (nSPS) is 11.6. The first-order valence-corrected chi connectivity index (χ1v) is 5.68. The van der Waals surface area contributed by atoms with Gasteiger partial charge in [-0.3, -0.25) is 4.79 Å². The number of hydrogen-bond acceptors (Lipinski definition) is 3. The minimum Gasteiger partial charge on any atom is -0.355 e. The fourth-order valence-electron chi connectivity index (χ4n) is 1.47. The van der Waals surface area contributed by atoms with E-state index in [0.717, 1.165) is 5.56 Å². The van der Waals surface area contributed by atoms with Gasteiger partial charge in [-0.05, 0) is 25.5 Å². The topological polar surface area (TPSA) is 64.9 Å². The second kappa shape index (κ2) is 6.66. The Kier molecular flexibility index (Phi) is 5.18. The third-order valence-electron chi connectivity index (χ3n) is 2.48. The molecule has 17 heavy (non-hydrogen) atoms. The van der Waals surface area contributed by atoms with E-state index in [9.17, 15) is 4.79 Å². The van der Waals surface area contributed by atoms with Crippen molar-refractivity contribution >= 4 is 5.91 Å². The first kappa shape index (κ1) is 13.2. The molecule has 1 aromatic rings. The number of hydrogen-bond donors (Lipinski definition) is 2. The molecule has 0 aliphatic rings. The van der Waals surface area contributed by atoms with Crippen molar-refractivity contribution in [1.29, 1.82) is 5.26 Å². The van der Waals surface area contributed by atoms with Crippen LogP contribution in [-0.4, -0.2) is 18.5 Å². The standard InChI is InChI=1S/C13H17N3O/c1-3-15-13(17)10(2)16-9-12-7-5-4-6-11(12)8-14/h4-7,10,16H,3,9H2,1-2H3,(H,15,17). The zero-order valence-electron chi connectivity index (χ0n) is 10.2. The Labute approximate surface area is 102 Å². The Morgan fingerprint density at radius 2 is 2.18 bits per heavy atom. The van der Waals surface area contributed by atoms with Gasteiger partial charge in [0.2, 0.25) is 5.91 Å². The molecular formula is C13H17N3O. The molecule has 0 aliphatic heterocycles. The highest BCUT2D eigenvalue weighted by molar-refractivity contribution is 5.81. The van der Waals surface area contributed by atoms with Crippen molar-refractivity contribution in [2.24, 2.45) is 0 Å². The van der Waals surface area contributed by atoms with Crippen molar-refractivity contribution in [3.8, 4) is 6.07 Å². The molecule has 0 fully saturated rings. The van der Waals surface area contributed by atoms with Crippen LogP contribution in [0.4, 0.5) is 0 Å². The fraction of sp³-hybridized carbons (Fsp3) is 0.385. The molecule has 0 radical (unpaired) electrons. The van der Waals surface area contributed by atoms with E-state index in [0.29, 0.717) is 18.7 Å². The molecule has 0 heterocycles. The quantitative estimate of drug-likeness (QED) is 0.799. The summed E-state index contributed by atoms with van der Waals surface area (Å²) in [6, 6.07) is 9.24. The smallest absolute Gasteiger partial charge is 0.236 e. The molecule has 0 aliphatic carbocycles. The Morgan fingerprint density at radius 1 is 1.47 bits per heavy atom. The van der Waals surface area contributed by atoms with E-state index < -0.39 is 0 Å². The minimum atomic E-state index is -0.262. The molecule has 0 saturated heterocycles. The van der Waals surface area contributed by atoms with Gasteiger partial charge in [0, 0.05) is 13.1 Å². The van der Waals surface area contributed by atoms with Gasteiger partial charge in [-0.2, -0.15) is 5.26 Å². The Hall–Kier alpha value is -1.86. The van der Waals surface area contributed by atoms with Crippen molar-refractivity contribution in [1.82, 2.24) is 10.6 Å². The molecule has 90 valence electrons. The molecule has 2 N–H and O–H groups in total. The van der Waals surface area contributed by atoms with E-state index >= 15 is 0 Å². The van der Waals surface area contributed by atoms with Crippen molar-refractivity contribution in [3.05, 3.63) is 35.4 Å². The van der Waals surface area contributed by atoms with E-state index in [1.54, 1.807) is 13.0 Å². The summed E-state index contributed by atoms with van der Waals surface area (Å²) in [5, 5.41) is 14.8. The molecule has 0 aromatic heterocycles. The summed E-state index contributed by atoms with van der Waals surface area (Å²) < 4.78 is 0. The molecule has 0 saturated carbocycles. The van der Waals surface area contributed by atoms with Crippen LogP contribution in [-0.2, 0) is 11.3 Å². The second-order valence-corrected chi connectivity index (χ2v) is 3.77. The maximum absolute atomic E-state index is 11.5. The van der Waals surface area contributed by atoms with E-state index in [1.165, 1.54) is 0 Å². The van der Waals surface area contributed by atoms with Crippen LogP contribution in [0.3, 0.4) is 0 Å². The van der Waals surface area contributed by atoms with Crippen LogP contribution < -0.4 is 10.6 Å². The molecule has 4 nitrogen and oxygen atoms in total. The maximum Gasteiger partial charge on any atom is 0.236 e. The van der Waals surface area contributed by atoms with E-state index in [-0.39, 0.29) is 11.9 Å². The van der Waals surface area contributed by atoms with Gasteiger partial charge in [0.15, 0.2) is 0 Å². The minimum absolute atomic E-state index is 0.0260. The molecular weight excluding hydrogens is 214 g/mol. The molecule has 1 unspecified atom stereocenters. The summed E-state index contributed by atoms with van der Waals surface area (Å²) in [6.07, 6.45) is 0. The van der Waals surface area contributed by atoms with Gasteiger partial charge in [-0.25, -0.2) is 0 Å². The molecule has 1 atom stereocenters. The summed E-state index contributed by atoms with van der Waals surface area (Å²) in [7, 11) is 0. The number of rotatable bonds is 5. The number of amides is 1. The number of nitriles is 1. The van der Waals surface area contributed by atoms with Gasteiger partial charge >= 0.3 is 0 Å². The Morgan fingerprint density at radius 3 is 2.82 bits per heavy atom. The highest BCUT2D eigenvalue weighted by Crippen LogP contribution is 2.06. The Bertz CT molecular complexity index is 423. The largest absolute Gasteiger partial charge is 0.355 e. The average molecular weight is 231 g/mol. The first-order valence-electron chi connectivity index (χ1n) is 5.68. The SMILES string of the molecule is CCNC(=O)C(C)NCc1ccccc1C#N. The van der Waals surface area contributed by atoms with Crippen LogP contribution in [0.2, 0.25) is 0 Å². The highest BCUT2D eigenvalue weighted by atomic mass is 16.2. The van der Waals surface area contributed by atoms with Gasteiger partial charge in [0.1, 0.15) is 0 Å². The average Bonchev–Trinajstić information content (AvgIpc) is 2.36.